The fraction of sp³-hybridized carbons (Fsp3) is 0.529. The summed E-state index contributed by atoms with van der Waals surface area (Å²) in [7, 11) is -3.41. The molecule has 0 radical (unpaired) electrons. The molecule has 0 bridgehead atoms. The molecule has 1 unspecified atom stereocenters. The van der Waals surface area contributed by atoms with E-state index in [1.54, 1.807) is 11.2 Å². The highest BCUT2D eigenvalue weighted by molar-refractivity contribution is 7.88. The minimum absolute atomic E-state index is 0.193. The van der Waals surface area contributed by atoms with Gasteiger partial charge in [-0.15, -0.1) is 0 Å². The Balaban J connectivity index is 1.64. The van der Waals surface area contributed by atoms with Crippen LogP contribution in [0.2, 0.25) is 0 Å². The van der Waals surface area contributed by atoms with Crippen LogP contribution < -0.4 is 0 Å². The SMILES string of the molecule is Cc1ccc(CC2CCCN(S(=O)(=O)Cc3noc(C)n3)C2)cc1. The van der Waals surface area contributed by atoms with Crippen LogP contribution in [0.4, 0.5) is 0 Å². The third-order valence-corrected chi connectivity index (χ3v) is 6.14. The monoisotopic (exact) mass is 349 g/mol. The van der Waals surface area contributed by atoms with E-state index in [2.05, 4.69) is 41.3 Å². The van der Waals surface area contributed by atoms with Crippen LogP contribution in [-0.4, -0.2) is 36.0 Å². The van der Waals surface area contributed by atoms with E-state index in [4.69, 9.17) is 4.52 Å². The van der Waals surface area contributed by atoms with Crippen molar-refractivity contribution < 1.29 is 12.9 Å². The summed E-state index contributed by atoms with van der Waals surface area (Å²) < 4.78 is 31.7. The fourth-order valence-corrected chi connectivity index (χ4v) is 4.63. The predicted molar refractivity (Wildman–Crippen MR) is 90.8 cm³/mol. The number of benzene rings is 1. The van der Waals surface area contributed by atoms with Gasteiger partial charge in [-0.05, 0) is 37.7 Å². The molecule has 0 amide bonds. The van der Waals surface area contributed by atoms with Gasteiger partial charge in [-0.2, -0.15) is 4.98 Å². The summed E-state index contributed by atoms with van der Waals surface area (Å²) >= 11 is 0. The van der Waals surface area contributed by atoms with Gasteiger partial charge in [0.15, 0.2) is 5.82 Å². The lowest BCUT2D eigenvalue weighted by Crippen LogP contribution is -2.41. The van der Waals surface area contributed by atoms with Gasteiger partial charge in [-0.1, -0.05) is 35.0 Å². The molecule has 2 heterocycles. The summed E-state index contributed by atoms with van der Waals surface area (Å²) in [5, 5.41) is 3.70. The lowest BCUT2D eigenvalue weighted by atomic mass is 9.92. The van der Waals surface area contributed by atoms with Gasteiger partial charge in [0.05, 0.1) is 0 Å². The second-order valence-corrected chi connectivity index (χ2v) is 8.51. The van der Waals surface area contributed by atoms with Crippen LogP contribution in [0.25, 0.3) is 0 Å². The van der Waals surface area contributed by atoms with E-state index in [1.807, 2.05) is 0 Å². The van der Waals surface area contributed by atoms with E-state index in [-0.39, 0.29) is 11.6 Å². The Morgan fingerprint density at radius 3 is 2.67 bits per heavy atom. The summed E-state index contributed by atoms with van der Waals surface area (Å²) in [6.45, 7) is 4.86. The molecule has 1 saturated heterocycles. The van der Waals surface area contributed by atoms with Crippen LogP contribution in [0.3, 0.4) is 0 Å². The number of hydrogen-bond acceptors (Lipinski definition) is 5. The van der Waals surface area contributed by atoms with Gasteiger partial charge in [0, 0.05) is 20.0 Å². The van der Waals surface area contributed by atoms with Crippen molar-refractivity contribution >= 4 is 10.0 Å². The number of aryl methyl sites for hydroxylation is 2. The van der Waals surface area contributed by atoms with E-state index in [9.17, 15) is 8.42 Å². The Hall–Kier alpha value is -1.73. The van der Waals surface area contributed by atoms with Crippen molar-refractivity contribution in [2.45, 2.75) is 38.9 Å². The number of rotatable bonds is 5. The molecule has 0 spiro atoms. The maximum Gasteiger partial charge on any atom is 0.223 e. The standard InChI is InChI=1S/C17H23N3O3S/c1-13-5-7-15(8-6-13)10-16-4-3-9-20(11-16)24(21,22)12-17-18-14(2)23-19-17/h5-8,16H,3-4,9-12H2,1-2H3. The molecule has 130 valence electrons. The summed E-state index contributed by atoms with van der Waals surface area (Å²) in [6.07, 6.45) is 2.86. The third-order valence-electron chi connectivity index (χ3n) is 4.40. The minimum atomic E-state index is -3.41. The van der Waals surface area contributed by atoms with Gasteiger partial charge in [-0.3, -0.25) is 0 Å². The molecule has 1 aromatic carbocycles. The van der Waals surface area contributed by atoms with Crippen LogP contribution in [0.15, 0.2) is 28.8 Å². The van der Waals surface area contributed by atoms with Crippen LogP contribution in [0.5, 0.6) is 0 Å². The first-order valence-corrected chi connectivity index (χ1v) is 9.86. The van der Waals surface area contributed by atoms with E-state index in [1.165, 1.54) is 11.1 Å². The van der Waals surface area contributed by atoms with Crippen molar-refractivity contribution in [1.29, 1.82) is 0 Å². The lowest BCUT2D eigenvalue weighted by Gasteiger charge is -2.31. The summed E-state index contributed by atoms with van der Waals surface area (Å²) in [5.41, 5.74) is 2.50. The quantitative estimate of drug-likeness (QED) is 0.829. The highest BCUT2D eigenvalue weighted by Gasteiger charge is 2.30. The molecule has 3 rings (SSSR count). The Labute approximate surface area is 142 Å². The molecule has 1 aliphatic heterocycles. The molecule has 0 N–H and O–H groups in total. The number of piperidine rings is 1. The zero-order valence-corrected chi connectivity index (χ0v) is 14.9. The summed E-state index contributed by atoms with van der Waals surface area (Å²) in [6, 6.07) is 8.46. The van der Waals surface area contributed by atoms with Crippen molar-refractivity contribution in [1.82, 2.24) is 14.4 Å². The van der Waals surface area contributed by atoms with Gasteiger partial charge in [-0.25, -0.2) is 12.7 Å². The van der Waals surface area contributed by atoms with Gasteiger partial charge >= 0.3 is 0 Å². The average molecular weight is 349 g/mol. The molecule has 0 saturated carbocycles. The van der Waals surface area contributed by atoms with Gasteiger partial charge in [0.1, 0.15) is 5.75 Å². The van der Waals surface area contributed by atoms with Gasteiger partial charge < -0.3 is 4.52 Å². The van der Waals surface area contributed by atoms with Crippen LogP contribution in [0.1, 0.15) is 35.7 Å². The number of sulfonamides is 1. The smallest absolute Gasteiger partial charge is 0.223 e. The van der Waals surface area contributed by atoms with Crippen LogP contribution in [-0.2, 0) is 22.2 Å². The molecule has 7 heteroatoms. The zero-order valence-electron chi connectivity index (χ0n) is 14.1. The maximum absolute atomic E-state index is 12.6. The van der Waals surface area contributed by atoms with Crippen LogP contribution in [0, 0.1) is 19.8 Å². The molecule has 6 nitrogen and oxygen atoms in total. The van der Waals surface area contributed by atoms with Crippen molar-refractivity contribution in [3.05, 3.63) is 47.1 Å². The molecule has 1 fully saturated rings. The highest BCUT2D eigenvalue weighted by Crippen LogP contribution is 2.24. The number of hydrogen-bond donors (Lipinski definition) is 0. The second-order valence-electron chi connectivity index (χ2n) is 6.54. The number of aromatic nitrogens is 2. The molecule has 0 aliphatic carbocycles. The van der Waals surface area contributed by atoms with E-state index in [0.29, 0.717) is 24.9 Å². The molecule has 1 atom stereocenters. The van der Waals surface area contributed by atoms with E-state index in [0.717, 1.165) is 19.3 Å². The summed E-state index contributed by atoms with van der Waals surface area (Å²) in [5.74, 6) is 0.772. The average Bonchev–Trinajstić information content (AvgIpc) is 2.94. The van der Waals surface area contributed by atoms with Crippen molar-refractivity contribution in [3.8, 4) is 0 Å². The topological polar surface area (TPSA) is 76.3 Å². The Kier molecular flexibility index (Phi) is 5.01. The zero-order chi connectivity index (χ0) is 17.2. The molecular weight excluding hydrogens is 326 g/mol. The maximum atomic E-state index is 12.6. The first-order valence-electron chi connectivity index (χ1n) is 8.25. The van der Waals surface area contributed by atoms with Gasteiger partial charge in [0.25, 0.3) is 0 Å². The van der Waals surface area contributed by atoms with Crippen molar-refractivity contribution in [2.75, 3.05) is 13.1 Å². The largest absolute Gasteiger partial charge is 0.340 e. The minimum Gasteiger partial charge on any atom is -0.340 e. The first kappa shape index (κ1) is 17.1. The third kappa shape index (κ3) is 4.21. The normalized spacial score (nSPS) is 19.5. The Morgan fingerprint density at radius 1 is 1.25 bits per heavy atom. The predicted octanol–water partition coefficient (Wildman–Crippen LogP) is 2.47. The molecule has 24 heavy (non-hydrogen) atoms. The molecule has 1 aromatic heterocycles. The van der Waals surface area contributed by atoms with Crippen molar-refractivity contribution in [3.63, 3.8) is 0 Å². The Bertz CT molecular complexity index is 784. The summed E-state index contributed by atoms with van der Waals surface area (Å²) in [4.78, 5) is 4.00. The van der Waals surface area contributed by atoms with Gasteiger partial charge in [0.2, 0.25) is 15.9 Å². The second kappa shape index (κ2) is 7.03. The molecule has 1 aliphatic rings. The van der Waals surface area contributed by atoms with E-state index < -0.39 is 10.0 Å². The molecule has 2 aromatic rings. The lowest BCUT2D eigenvalue weighted by molar-refractivity contribution is 0.265. The fourth-order valence-electron chi connectivity index (χ4n) is 3.16. The van der Waals surface area contributed by atoms with E-state index >= 15 is 0 Å². The van der Waals surface area contributed by atoms with Crippen LogP contribution >= 0.6 is 0 Å². The van der Waals surface area contributed by atoms with Crippen molar-refractivity contribution in [2.24, 2.45) is 5.92 Å². The Morgan fingerprint density at radius 2 is 2.00 bits per heavy atom. The number of nitrogens with zero attached hydrogens (tertiary/aromatic N) is 3. The molecular formula is C17H23N3O3S. The first-order chi connectivity index (χ1) is 11.4. The highest BCUT2D eigenvalue weighted by atomic mass is 32.2.